The summed E-state index contributed by atoms with van der Waals surface area (Å²) in [5.41, 5.74) is 6.58. The minimum Gasteiger partial charge on any atom is -0.324 e. The molecule has 1 fully saturated rings. The minimum atomic E-state index is 0.122. The van der Waals surface area contributed by atoms with Crippen molar-refractivity contribution in [1.82, 2.24) is 4.90 Å². The maximum atomic E-state index is 6.46. The fourth-order valence-electron chi connectivity index (χ4n) is 2.73. The highest BCUT2D eigenvalue weighted by Gasteiger charge is 2.31. The number of nitrogens with zero attached hydrogens (tertiary/aromatic N) is 1. The van der Waals surface area contributed by atoms with Crippen molar-refractivity contribution in [2.45, 2.75) is 77.3 Å². The average molecular weight is 226 g/mol. The first-order chi connectivity index (χ1) is 7.57. The molecular formula is C14H30N2. The van der Waals surface area contributed by atoms with Crippen LogP contribution in [0.5, 0.6) is 0 Å². The molecule has 1 aliphatic carbocycles. The summed E-state index contributed by atoms with van der Waals surface area (Å²) in [7, 11) is 0. The van der Waals surface area contributed by atoms with Crippen molar-refractivity contribution in [2.75, 3.05) is 13.1 Å². The van der Waals surface area contributed by atoms with Crippen molar-refractivity contribution in [3.63, 3.8) is 0 Å². The van der Waals surface area contributed by atoms with Crippen molar-refractivity contribution in [3.8, 4) is 0 Å². The molecule has 0 aromatic rings. The lowest BCUT2D eigenvalue weighted by atomic mass is 9.97. The van der Waals surface area contributed by atoms with Crippen LogP contribution in [0.4, 0.5) is 0 Å². The molecule has 1 aliphatic rings. The van der Waals surface area contributed by atoms with Crippen LogP contribution in [-0.4, -0.2) is 29.6 Å². The SMILES string of the molecule is CCCCCN(CC1(N)CCCC1)C(C)C. The van der Waals surface area contributed by atoms with Gasteiger partial charge in [-0.05, 0) is 39.7 Å². The van der Waals surface area contributed by atoms with E-state index in [1.807, 2.05) is 0 Å². The van der Waals surface area contributed by atoms with E-state index >= 15 is 0 Å². The summed E-state index contributed by atoms with van der Waals surface area (Å²) in [6, 6.07) is 0.637. The van der Waals surface area contributed by atoms with Crippen molar-refractivity contribution in [3.05, 3.63) is 0 Å². The zero-order valence-electron chi connectivity index (χ0n) is 11.5. The topological polar surface area (TPSA) is 29.3 Å². The fourth-order valence-corrected chi connectivity index (χ4v) is 2.73. The molecule has 0 aromatic carbocycles. The van der Waals surface area contributed by atoms with E-state index in [-0.39, 0.29) is 5.54 Å². The third-order valence-corrected chi connectivity index (χ3v) is 3.90. The second kappa shape index (κ2) is 6.61. The van der Waals surface area contributed by atoms with Crippen LogP contribution in [0, 0.1) is 0 Å². The van der Waals surface area contributed by atoms with Gasteiger partial charge >= 0.3 is 0 Å². The van der Waals surface area contributed by atoms with Gasteiger partial charge in [-0.2, -0.15) is 0 Å². The van der Waals surface area contributed by atoms with Crippen LogP contribution in [-0.2, 0) is 0 Å². The number of unbranched alkanes of at least 4 members (excludes halogenated alkanes) is 2. The molecule has 2 heteroatoms. The van der Waals surface area contributed by atoms with E-state index in [0.717, 1.165) is 6.54 Å². The predicted octanol–water partition coefficient (Wildman–Crippen LogP) is 3.16. The van der Waals surface area contributed by atoms with Crippen LogP contribution >= 0.6 is 0 Å². The largest absolute Gasteiger partial charge is 0.324 e. The van der Waals surface area contributed by atoms with Gasteiger partial charge in [-0.25, -0.2) is 0 Å². The van der Waals surface area contributed by atoms with Gasteiger partial charge in [0.2, 0.25) is 0 Å². The maximum absolute atomic E-state index is 6.46. The van der Waals surface area contributed by atoms with Crippen LogP contribution in [0.3, 0.4) is 0 Å². The van der Waals surface area contributed by atoms with Gasteiger partial charge in [0.25, 0.3) is 0 Å². The molecule has 0 aliphatic heterocycles. The molecular weight excluding hydrogens is 196 g/mol. The number of hydrogen-bond donors (Lipinski definition) is 1. The van der Waals surface area contributed by atoms with Crippen molar-refractivity contribution >= 4 is 0 Å². The van der Waals surface area contributed by atoms with Crippen LogP contribution in [0.25, 0.3) is 0 Å². The second-order valence-electron chi connectivity index (χ2n) is 5.84. The molecule has 0 amide bonds. The monoisotopic (exact) mass is 226 g/mol. The van der Waals surface area contributed by atoms with E-state index in [2.05, 4.69) is 25.7 Å². The van der Waals surface area contributed by atoms with Gasteiger partial charge in [0, 0.05) is 18.1 Å². The normalized spacial score (nSPS) is 19.9. The zero-order valence-corrected chi connectivity index (χ0v) is 11.5. The summed E-state index contributed by atoms with van der Waals surface area (Å²) in [6.45, 7) is 9.19. The lowest BCUT2D eigenvalue weighted by Gasteiger charge is -2.35. The van der Waals surface area contributed by atoms with Gasteiger partial charge in [0.1, 0.15) is 0 Å². The molecule has 16 heavy (non-hydrogen) atoms. The third kappa shape index (κ3) is 4.42. The van der Waals surface area contributed by atoms with Gasteiger partial charge in [0.15, 0.2) is 0 Å². The highest BCUT2D eigenvalue weighted by atomic mass is 15.2. The molecule has 1 rings (SSSR count). The highest BCUT2D eigenvalue weighted by molar-refractivity contribution is 4.92. The van der Waals surface area contributed by atoms with Gasteiger partial charge in [-0.15, -0.1) is 0 Å². The molecule has 0 radical (unpaired) electrons. The van der Waals surface area contributed by atoms with Crippen LogP contribution in [0.2, 0.25) is 0 Å². The van der Waals surface area contributed by atoms with Crippen molar-refractivity contribution in [2.24, 2.45) is 5.73 Å². The molecule has 0 unspecified atom stereocenters. The van der Waals surface area contributed by atoms with Gasteiger partial charge in [-0.1, -0.05) is 32.6 Å². The van der Waals surface area contributed by atoms with E-state index in [1.54, 1.807) is 0 Å². The van der Waals surface area contributed by atoms with Gasteiger partial charge < -0.3 is 5.73 Å². The maximum Gasteiger partial charge on any atom is 0.0283 e. The lowest BCUT2D eigenvalue weighted by Crippen LogP contribution is -2.50. The minimum absolute atomic E-state index is 0.122. The standard InChI is InChI=1S/C14H30N2/c1-4-5-8-11-16(13(2)3)12-14(15)9-6-7-10-14/h13H,4-12,15H2,1-3H3. The first kappa shape index (κ1) is 14.0. The van der Waals surface area contributed by atoms with Crippen LogP contribution < -0.4 is 5.73 Å². The third-order valence-electron chi connectivity index (χ3n) is 3.90. The summed E-state index contributed by atoms with van der Waals surface area (Å²) in [4.78, 5) is 2.58. The predicted molar refractivity (Wildman–Crippen MR) is 71.6 cm³/mol. The average Bonchev–Trinajstić information content (AvgIpc) is 2.64. The van der Waals surface area contributed by atoms with Crippen LogP contribution in [0.1, 0.15) is 65.7 Å². The van der Waals surface area contributed by atoms with E-state index in [1.165, 1.54) is 51.5 Å². The molecule has 1 saturated carbocycles. The second-order valence-corrected chi connectivity index (χ2v) is 5.84. The Morgan fingerprint density at radius 2 is 1.81 bits per heavy atom. The molecule has 2 nitrogen and oxygen atoms in total. The number of hydrogen-bond acceptors (Lipinski definition) is 2. The van der Waals surface area contributed by atoms with Crippen molar-refractivity contribution < 1.29 is 0 Å². The van der Waals surface area contributed by atoms with E-state index in [4.69, 9.17) is 5.73 Å². The summed E-state index contributed by atoms with van der Waals surface area (Å²) in [5.74, 6) is 0. The smallest absolute Gasteiger partial charge is 0.0283 e. The van der Waals surface area contributed by atoms with E-state index in [0.29, 0.717) is 6.04 Å². The molecule has 0 heterocycles. The number of rotatable bonds is 7. The van der Waals surface area contributed by atoms with Crippen LogP contribution in [0.15, 0.2) is 0 Å². The molecule has 0 spiro atoms. The Morgan fingerprint density at radius 1 is 1.19 bits per heavy atom. The molecule has 0 saturated heterocycles. The Balaban J connectivity index is 2.37. The first-order valence-electron chi connectivity index (χ1n) is 7.10. The summed E-state index contributed by atoms with van der Waals surface area (Å²) >= 11 is 0. The molecule has 0 atom stereocenters. The number of nitrogens with two attached hydrogens (primary N) is 1. The quantitative estimate of drug-likeness (QED) is 0.676. The lowest BCUT2D eigenvalue weighted by molar-refractivity contribution is 0.167. The molecule has 0 bridgehead atoms. The Kier molecular flexibility index (Phi) is 5.77. The summed E-state index contributed by atoms with van der Waals surface area (Å²) < 4.78 is 0. The van der Waals surface area contributed by atoms with Gasteiger partial charge in [0.05, 0.1) is 0 Å². The van der Waals surface area contributed by atoms with E-state index < -0.39 is 0 Å². The fraction of sp³-hybridized carbons (Fsp3) is 1.00. The molecule has 2 N–H and O–H groups in total. The Hall–Kier alpha value is -0.0800. The summed E-state index contributed by atoms with van der Waals surface area (Å²) in [5, 5.41) is 0. The van der Waals surface area contributed by atoms with Gasteiger partial charge in [-0.3, -0.25) is 4.90 Å². The van der Waals surface area contributed by atoms with Crippen molar-refractivity contribution in [1.29, 1.82) is 0 Å². The first-order valence-corrected chi connectivity index (χ1v) is 7.10. The zero-order chi connectivity index (χ0) is 12.0. The summed E-state index contributed by atoms with van der Waals surface area (Å²) in [6.07, 6.45) is 9.09. The van der Waals surface area contributed by atoms with E-state index in [9.17, 15) is 0 Å². The Labute approximate surface area is 102 Å². The highest BCUT2D eigenvalue weighted by Crippen LogP contribution is 2.28. The molecule has 0 aromatic heterocycles. The Bertz CT molecular complexity index is 183. The molecule has 96 valence electrons. The Morgan fingerprint density at radius 3 is 2.31 bits per heavy atom.